The lowest BCUT2D eigenvalue weighted by atomic mass is 10.1. The van der Waals surface area contributed by atoms with Crippen LogP contribution in [0.4, 0.5) is 0 Å². The van der Waals surface area contributed by atoms with Crippen LogP contribution in [-0.4, -0.2) is 24.5 Å². The van der Waals surface area contributed by atoms with Gasteiger partial charge in [-0.2, -0.15) is 0 Å². The molecule has 0 rings (SSSR count). The number of hydrogen-bond donors (Lipinski definition) is 1. The molecule has 0 atom stereocenters. The van der Waals surface area contributed by atoms with Gasteiger partial charge in [0.2, 0.25) is 5.91 Å². The molecule has 84 valence electrons. The van der Waals surface area contributed by atoms with Gasteiger partial charge >= 0.3 is 5.97 Å². The highest BCUT2D eigenvalue weighted by Crippen LogP contribution is 1.97. The zero-order valence-electron chi connectivity index (χ0n) is 9.53. The van der Waals surface area contributed by atoms with Crippen LogP contribution in [0.15, 0.2) is 24.3 Å². The lowest BCUT2D eigenvalue weighted by Gasteiger charge is -2.18. The summed E-state index contributed by atoms with van der Waals surface area (Å²) in [6, 6.07) is 0. The highest BCUT2D eigenvalue weighted by atomic mass is 16.5. The Morgan fingerprint density at radius 1 is 1.13 bits per heavy atom. The fourth-order valence-corrected chi connectivity index (χ4v) is 0.756. The van der Waals surface area contributed by atoms with Crippen LogP contribution in [-0.2, 0) is 14.3 Å². The molecule has 0 spiro atoms. The van der Waals surface area contributed by atoms with Crippen LogP contribution in [0.5, 0.6) is 0 Å². The van der Waals surface area contributed by atoms with Crippen molar-refractivity contribution in [3.63, 3.8) is 0 Å². The van der Waals surface area contributed by atoms with Crippen LogP contribution in [0.1, 0.15) is 20.8 Å². The van der Waals surface area contributed by atoms with Gasteiger partial charge < -0.3 is 10.1 Å². The minimum Gasteiger partial charge on any atom is -0.466 e. The van der Waals surface area contributed by atoms with E-state index in [2.05, 4.69) is 10.1 Å². The summed E-state index contributed by atoms with van der Waals surface area (Å²) in [5, 5.41) is 2.75. The zero-order chi connectivity index (χ0) is 11.9. The van der Waals surface area contributed by atoms with E-state index in [0.717, 1.165) is 0 Å². The number of amides is 1. The van der Waals surface area contributed by atoms with Crippen molar-refractivity contribution in [2.45, 2.75) is 26.3 Å². The number of esters is 1. The molecule has 0 saturated carbocycles. The van der Waals surface area contributed by atoms with E-state index in [1.54, 1.807) is 0 Å². The van der Waals surface area contributed by atoms with Crippen LogP contribution >= 0.6 is 0 Å². The Hall–Kier alpha value is -1.58. The molecule has 0 saturated heterocycles. The molecule has 4 heteroatoms. The van der Waals surface area contributed by atoms with Gasteiger partial charge in [0.25, 0.3) is 0 Å². The van der Waals surface area contributed by atoms with E-state index in [-0.39, 0.29) is 11.4 Å². The number of allylic oxidation sites excluding steroid dienone is 2. The molecule has 0 aromatic carbocycles. The minimum absolute atomic E-state index is 0.197. The first-order valence-corrected chi connectivity index (χ1v) is 4.60. The van der Waals surface area contributed by atoms with Crippen LogP contribution in [0, 0.1) is 0 Å². The van der Waals surface area contributed by atoms with E-state index in [1.165, 1.54) is 31.4 Å². The standard InChI is InChI=1S/C11H17NO3/c1-11(2,3)12-9(13)7-5-6-8-10(14)15-4/h5-8H,1-4H3,(H,12,13)/b7-5+,8-6+. The highest BCUT2D eigenvalue weighted by Gasteiger charge is 2.10. The Bertz CT molecular complexity index is 285. The Morgan fingerprint density at radius 2 is 1.67 bits per heavy atom. The average Bonchev–Trinajstić information content (AvgIpc) is 2.09. The maximum atomic E-state index is 11.2. The van der Waals surface area contributed by atoms with Crippen molar-refractivity contribution in [1.29, 1.82) is 0 Å². The topological polar surface area (TPSA) is 55.4 Å². The normalized spacial score (nSPS) is 12.0. The second-order valence-corrected chi connectivity index (χ2v) is 3.98. The quantitative estimate of drug-likeness (QED) is 0.433. The number of ether oxygens (including phenoxy) is 1. The molecule has 1 amide bonds. The van der Waals surface area contributed by atoms with Crippen molar-refractivity contribution in [3.8, 4) is 0 Å². The van der Waals surface area contributed by atoms with Gasteiger partial charge in [0.05, 0.1) is 7.11 Å². The summed E-state index contributed by atoms with van der Waals surface area (Å²) in [6.07, 6.45) is 5.53. The van der Waals surface area contributed by atoms with Gasteiger partial charge in [-0.05, 0) is 20.8 Å². The average molecular weight is 211 g/mol. The molecule has 0 aliphatic heterocycles. The number of carbonyl (C=O) groups excluding carboxylic acids is 2. The predicted octanol–water partition coefficient (Wildman–Crippen LogP) is 1.19. The molecular weight excluding hydrogens is 194 g/mol. The van der Waals surface area contributed by atoms with Crippen LogP contribution < -0.4 is 5.32 Å². The van der Waals surface area contributed by atoms with Crippen LogP contribution in [0.25, 0.3) is 0 Å². The van der Waals surface area contributed by atoms with Gasteiger partial charge in [-0.3, -0.25) is 4.79 Å². The first kappa shape index (κ1) is 13.4. The summed E-state index contributed by atoms with van der Waals surface area (Å²) in [7, 11) is 1.29. The van der Waals surface area contributed by atoms with E-state index in [1.807, 2.05) is 20.8 Å². The molecular formula is C11H17NO3. The van der Waals surface area contributed by atoms with Gasteiger partial charge in [0, 0.05) is 17.7 Å². The Balaban J connectivity index is 4.03. The smallest absolute Gasteiger partial charge is 0.330 e. The lowest BCUT2D eigenvalue weighted by molar-refractivity contribution is -0.134. The number of hydrogen-bond acceptors (Lipinski definition) is 3. The molecule has 4 nitrogen and oxygen atoms in total. The molecule has 15 heavy (non-hydrogen) atoms. The summed E-state index contributed by atoms with van der Waals surface area (Å²) >= 11 is 0. The van der Waals surface area contributed by atoms with Gasteiger partial charge in [-0.1, -0.05) is 12.2 Å². The van der Waals surface area contributed by atoms with Gasteiger partial charge in [0.1, 0.15) is 0 Å². The fraction of sp³-hybridized carbons (Fsp3) is 0.455. The minimum atomic E-state index is -0.448. The summed E-state index contributed by atoms with van der Waals surface area (Å²) in [6.45, 7) is 5.68. The first-order valence-electron chi connectivity index (χ1n) is 4.60. The Labute approximate surface area is 90.0 Å². The van der Waals surface area contributed by atoms with E-state index in [9.17, 15) is 9.59 Å². The number of carbonyl (C=O) groups is 2. The van der Waals surface area contributed by atoms with Crippen molar-refractivity contribution in [2.75, 3.05) is 7.11 Å². The molecule has 0 heterocycles. The molecule has 0 aromatic rings. The van der Waals surface area contributed by atoms with Crippen molar-refractivity contribution >= 4 is 11.9 Å². The SMILES string of the molecule is COC(=O)/C=C/C=C/C(=O)NC(C)(C)C. The third-order valence-electron chi connectivity index (χ3n) is 1.29. The van der Waals surface area contributed by atoms with E-state index in [4.69, 9.17) is 0 Å². The van der Waals surface area contributed by atoms with Crippen molar-refractivity contribution in [3.05, 3.63) is 24.3 Å². The first-order chi connectivity index (χ1) is 6.85. The third-order valence-corrected chi connectivity index (χ3v) is 1.29. The van der Waals surface area contributed by atoms with Gasteiger partial charge in [-0.15, -0.1) is 0 Å². The number of methoxy groups -OCH3 is 1. The molecule has 0 aromatic heterocycles. The zero-order valence-corrected chi connectivity index (χ0v) is 9.53. The van der Waals surface area contributed by atoms with Gasteiger partial charge in [0.15, 0.2) is 0 Å². The number of rotatable bonds is 3. The summed E-state index contributed by atoms with van der Waals surface area (Å²) in [5.41, 5.74) is -0.256. The maximum Gasteiger partial charge on any atom is 0.330 e. The predicted molar refractivity (Wildman–Crippen MR) is 58.2 cm³/mol. The van der Waals surface area contributed by atoms with E-state index < -0.39 is 5.97 Å². The monoisotopic (exact) mass is 211 g/mol. The lowest BCUT2D eigenvalue weighted by Crippen LogP contribution is -2.39. The largest absolute Gasteiger partial charge is 0.466 e. The fourth-order valence-electron chi connectivity index (χ4n) is 0.756. The second kappa shape index (κ2) is 6.01. The molecule has 0 fully saturated rings. The second-order valence-electron chi connectivity index (χ2n) is 3.98. The molecule has 0 aliphatic carbocycles. The van der Waals surface area contributed by atoms with E-state index >= 15 is 0 Å². The highest BCUT2D eigenvalue weighted by molar-refractivity contribution is 5.88. The molecule has 0 unspecified atom stereocenters. The summed E-state index contributed by atoms with van der Waals surface area (Å²) in [4.78, 5) is 21.9. The number of nitrogens with one attached hydrogen (secondary N) is 1. The van der Waals surface area contributed by atoms with Crippen molar-refractivity contribution in [1.82, 2.24) is 5.32 Å². The van der Waals surface area contributed by atoms with Gasteiger partial charge in [-0.25, -0.2) is 4.79 Å². The van der Waals surface area contributed by atoms with Crippen molar-refractivity contribution < 1.29 is 14.3 Å². The third kappa shape index (κ3) is 8.74. The van der Waals surface area contributed by atoms with Crippen LogP contribution in [0.2, 0.25) is 0 Å². The Morgan fingerprint density at radius 3 is 2.13 bits per heavy atom. The van der Waals surface area contributed by atoms with E-state index in [0.29, 0.717) is 0 Å². The molecule has 0 aliphatic rings. The van der Waals surface area contributed by atoms with Crippen LogP contribution in [0.3, 0.4) is 0 Å². The van der Waals surface area contributed by atoms with Crippen molar-refractivity contribution in [2.24, 2.45) is 0 Å². The molecule has 1 N–H and O–H groups in total. The summed E-state index contributed by atoms with van der Waals surface area (Å²) in [5.74, 6) is -0.645. The summed E-state index contributed by atoms with van der Waals surface area (Å²) < 4.78 is 4.38. The Kier molecular flexibility index (Phi) is 5.37. The maximum absolute atomic E-state index is 11.2. The molecule has 0 radical (unpaired) electrons. The molecule has 0 bridgehead atoms.